The molecule has 0 spiro atoms. The molecule has 1 amide bonds. The molecule has 0 saturated carbocycles. The smallest absolute Gasteiger partial charge is 0.217 e. The van der Waals surface area contributed by atoms with E-state index in [4.69, 9.17) is 19.5 Å². The molecule has 7 nitrogen and oxygen atoms in total. The Morgan fingerprint density at radius 3 is 2.64 bits per heavy atom. The van der Waals surface area contributed by atoms with Crippen molar-refractivity contribution >= 4 is 24.8 Å². The summed E-state index contributed by atoms with van der Waals surface area (Å²) in [6.07, 6.45) is -1.50. The number of hydrogen-bond donors (Lipinski definition) is 3. The maximum atomic E-state index is 11.5. The van der Waals surface area contributed by atoms with Gasteiger partial charge in [0, 0.05) is 25.9 Å². The highest BCUT2D eigenvalue weighted by Crippen LogP contribution is 2.35. The SMILES string of the molecule is CC(=O)N[C@@H]1[C@@H](CN)CC(C)(C)O[C@H]1[C@H](O)[C@@H](COP)OP. The zero-order valence-corrected chi connectivity index (χ0v) is 15.6. The minimum absolute atomic E-state index is 0.00868. The van der Waals surface area contributed by atoms with Crippen LogP contribution in [0.25, 0.3) is 0 Å². The number of carbonyl (C=O) groups is 1. The van der Waals surface area contributed by atoms with Crippen molar-refractivity contribution in [3.63, 3.8) is 0 Å². The van der Waals surface area contributed by atoms with Crippen molar-refractivity contribution in [3.05, 3.63) is 0 Å². The van der Waals surface area contributed by atoms with Crippen molar-refractivity contribution in [2.24, 2.45) is 11.7 Å². The Kier molecular flexibility index (Phi) is 8.10. The average molecular weight is 354 g/mol. The highest BCUT2D eigenvalue weighted by molar-refractivity contribution is 7.10. The fraction of sp³-hybridized carbons (Fsp3) is 0.923. The fourth-order valence-electron chi connectivity index (χ4n) is 2.99. The lowest BCUT2D eigenvalue weighted by Crippen LogP contribution is -2.63. The molecule has 0 radical (unpaired) electrons. The van der Waals surface area contributed by atoms with Crippen LogP contribution in [0.2, 0.25) is 0 Å². The van der Waals surface area contributed by atoms with Gasteiger partial charge in [-0.25, -0.2) is 0 Å². The van der Waals surface area contributed by atoms with Crippen LogP contribution in [0.15, 0.2) is 0 Å². The first kappa shape index (κ1) is 20.2. The summed E-state index contributed by atoms with van der Waals surface area (Å²) in [4.78, 5) is 11.5. The minimum Gasteiger partial charge on any atom is -0.388 e. The molecule has 2 unspecified atom stereocenters. The Bertz CT molecular complexity index is 372. The third-order valence-corrected chi connectivity index (χ3v) is 4.44. The van der Waals surface area contributed by atoms with Gasteiger partial charge < -0.3 is 29.9 Å². The number of aliphatic hydroxyl groups excluding tert-OH is 1. The molecule has 4 N–H and O–H groups in total. The van der Waals surface area contributed by atoms with E-state index in [1.165, 1.54) is 6.92 Å². The first-order valence-corrected chi connectivity index (χ1v) is 8.20. The molecule has 22 heavy (non-hydrogen) atoms. The van der Waals surface area contributed by atoms with Gasteiger partial charge in [-0.1, -0.05) is 0 Å². The molecule has 0 bridgehead atoms. The van der Waals surface area contributed by atoms with Gasteiger partial charge in [0.15, 0.2) is 0 Å². The summed E-state index contributed by atoms with van der Waals surface area (Å²) < 4.78 is 16.2. The summed E-state index contributed by atoms with van der Waals surface area (Å²) >= 11 is 0. The van der Waals surface area contributed by atoms with Crippen LogP contribution in [0.5, 0.6) is 0 Å². The Hall–Kier alpha value is 0.130. The van der Waals surface area contributed by atoms with Crippen LogP contribution >= 0.6 is 18.9 Å². The second-order valence-electron chi connectivity index (χ2n) is 6.27. The summed E-state index contributed by atoms with van der Waals surface area (Å²) in [6, 6.07) is -0.377. The molecule has 0 aromatic heterocycles. The van der Waals surface area contributed by atoms with Crippen molar-refractivity contribution in [3.8, 4) is 0 Å². The van der Waals surface area contributed by atoms with E-state index in [0.29, 0.717) is 13.0 Å². The largest absolute Gasteiger partial charge is 0.388 e. The first-order chi connectivity index (χ1) is 10.3. The van der Waals surface area contributed by atoms with Crippen molar-refractivity contribution in [1.82, 2.24) is 5.32 Å². The van der Waals surface area contributed by atoms with E-state index < -0.39 is 23.9 Å². The van der Waals surface area contributed by atoms with E-state index in [1.807, 2.05) is 13.8 Å². The number of nitrogens with two attached hydrogens (primary N) is 1. The monoisotopic (exact) mass is 354 g/mol. The highest BCUT2D eigenvalue weighted by atomic mass is 31.0. The van der Waals surface area contributed by atoms with E-state index in [0.717, 1.165) is 0 Å². The Labute approximate surface area is 136 Å². The number of rotatable bonds is 7. The summed E-state index contributed by atoms with van der Waals surface area (Å²) in [5.74, 6) is -0.177. The number of aliphatic hydroxyl groups is 1. The van der Waals surface area contributed by atoms with Crippen LogP contribution in [0.3, 0.4) is 0 Å². The minimum atomic E-state index is -0.969. The maximum absolute atomic E-state index is 11.5. The van der Waals surface area contributed by atoms with Gasteiger partial charge in [-0.2, -0.15) is 0 Å². The number of amides is 1. The van der Waals surface area contributed by atoms with Crippen LogP contribution in [0.4, 0.5) is 0 Å². The van der Waals surface area contributed by atoms with Crippen LogP contribution in [-0.4, -0.2) is 54.1 Å². The molecule has 0 aliphatic carbocycles. The molecule has 130 valence electrons. The van der Waals surface area contributed by atoms with Crippen LogP contribution < -0.4 is 11.1 Å². The van der Waals surface area contributed by atoms with Gasteiger partial charge in [0.1, 0.15) is 18.3 Å². The summed E-state index contributed by atoms with van der Waals surface area (Å²) in [7, 11) is 4.24. The summed E-state index contributed by atoms with van der Waals surface area (Å²) in [5.41, 5.74) is 5.42. The van der Waals surface area contributed by atoms with E-state index in [-0.39, 0.29) is 24.5 Å². The van der Waals surface area contributed by atoms with Gasteiger partial charge in [-0.15, -0.1) is 0 Å². The van der Waals surface area contributed by atoms with Crippen LogP contribution in [0.1, 0.15) is 27.2 Å². The number of nitrogens with one attached hydrogen (secondary N) is 1. The van der Waals surface area contributed by atoms with E-state index in [2.05, 4.69) is 24.3 Å². The Morgan fingerprint density at radius 1 is 1.55 bits per heavy atom. The molecule has 1 rings (SSSR count). The van der Waals surface area contributed by atoms with Gasteiger partial charge in [0.2, 0.25) is 5.91 Å². The van der Waals surface area contributed by atoms with Crippen molar-refractivity contribution in [2.75, 3.05) is 13.2 Å². The Balaban J connectivity index is 3.03. The van der Waals surface area contributed by atoms with Gasteiger partial charge in [0.05, 0.1) is 18.2 Å². The summed E-state index contributed by atoms with van der Waals surface area (Å²) in [6.45, 7) is 5.90. The first-order valence-electron chi connectivity index (χ1n) is 7.26. The maximum Gasteiger partial charge on any atom is 0.217 e. The zero-order chi connectivity index (χ0) is 16.9. The van der Waals surface area contributed by atoms with Crippen molar-refractivity contribution in [2.45, 2.75) is 57.1 Å². The molecule has 1 heterocycles. The molecule has 1 aliphatic rings. The predicted octanol–water partition coefficient (Wildman–Crippen LogP) is -0.0236. The molecule has 0 aromatic rings. The lowest BCUT2D eigenvalue weighted by Gasteiger charge is -2.48. The predicted molar refractivity (Wildman–Crippen MR) is 90.0 cm³/mol. The quantitative estimate of drug-likeness (QED) is 0.555. The van der Waals surface area contributed by atoms with Crippen molar-refractivity contribution < 1.29 is 23.7 Å². The lowest BCUT2D eigenvalue weighted by molar-refractivity contribution is -0.193. The van der Waals surface area contributed by atoms with E-state index >= 15 is 0 Å². The van der Waals surface area contributed by atoms with Gasteiger partial charge >= 0.3 is 0 Å². The number of hydrogen-bond acceptors (Lipinski definition) is 6. The third-order valence-electron chi connectivity index (χ3n) is 3.90. The second kappa shape index (κ2) is 8.84. The molecule has 1 aliphatic heterocycles. The highest BCUT2D eigenvalue weighted by Gasteiger charge is 2.47. The molecular weight excluding hydrogens is 326 g/mol. The van der Waals surface area contributed by atoms with Gasteiger partial charge in [-0.05, 0) is 32.7 Å². The molecule has 1 fully saturated rings. The second-order valence-corrected chi connectivity index (χ2v) is 6.87. The Morgan fingerprint density at radius 2 is 2.18 bits per heavy atom. The van der Waals surface area contributed by atoms with Gasteiger partial charge in [0.25, 0.3) is 0 Å². The molecule has 7 atom stereocenters. The topological polar surface area (TPSA) is 103 Å². The fourth-order valence-corrected chi connectivity index (χ4v) is 3.42. The van der Waals surface area contributed by atoms with E-state index in [1.54, 1.807) is 0 Å². The standard InChI is InChI=1S/C13H28N2O5P2/c1-7(16)15-10-8(5-14)4-13(2,3)19-12(10)11(17)9(20-22)6-18-21/h8-12,17H,4-6,14,21-22H2,1-3H3,(H,15,16)/t8-,9-,10-,11-,12-/m1/s1. The van der Waals surface area contributed by atoms with Crippen molar-refractivity contribution in [1.29, 1.82) is 0 Å². The third kappa shape index (κ3) is 5.34. The molecule has 9 heteroatoms. The lowest BCUT2D eigenvalue weighted by atomic mass is 9.79. The number of ether oxygens (including phenoxy) is 1. The van der Waals surface area contributed by atoms with Gasteiger partial charge in [-0.3, -0.25) is 4.79 Å². The zero-order valence-electron chi connectivity index (χ0n) is 13.3. The average Bonchev–Trinajstić information content (AvgIpc) is 2.44. The molecule has 1 saturated heterocycles. The molecular formula is C13H28N2O5P2. The van der Waals surface area contributed by atoms with E-state index in [9.17, 15) is 9.90 Å². The normalized spacial score (nSPS) is 30.6. The van der Waals surface area contributed by atoms with Crippen LogP contribution in [0, 0.1) is 5.92 Å². The molecule has 0 aromatic carbocycles. The summed E-state index contributed by atoms with van der Waals surface area (Å²) in [5, 5.41) is 13.5. The van der Waals surface area contributed by atoms with Crippen LogP contribution in [-0.2, 0) is 18.6 Å². The number of carbonyl (C=O) groups excluding carboxylic acids is 1.